The highest BCUT2D eigenvalue weighted by Crippen LogP contribution is 2.22. The average Bonchev–Trinajstić information content (AvgIpc) is 2.63. The number of non-ortho nitro benzene ring substituents is 1. The number of nitro benzene ring substituents is 1. The lowest BCUT2D eigenvalue weighted by atomic mass is 10.2. The molecule has 0 unspecified atom stereocenters. The van der Waals surface area contributed by atoms with E-state index in [2.05, 4.69) is 0 Å². The van der Waals surface area contributed by atoms with E-state index in [1.807, 2.05) is 13.8 Å². The summed E-state index contributed by atoms with van der Waals surface area (Å²) in [5.74, 6) is -0.157. The van der Waals surface area contributed by atoms with Gasteiger partial charge in [-0.15, -0.1) is 0 Å². The maximum Gasteiger partial charge on any atom is 0.339 e. The van der Waals surface area contributed by atoms with Crippen molar-refractivity contribution >= 4 is 21.7 Å². The van der Waals surface area contributed by atoms with E-state index < -0.39 is 15.0 Å². The third-order valence-corrected chi connectivity index (χ3v) is 4.92. The van der Waals surface area contributed by atoms with Crippen LogP contribution in [0.5, 0.6) is 5.75 Å². The molecule has 0 aliphatic rings. The molecular weight excluding hydrogens is 360 g/mol. The van der Waals surface area contributed by atoms with Gasteiger partial charge in [0.25, 0.3) is 11.6 Å². The summed E-state index contributed by atoms with van der Waals surface area (Å²) in [7, 11) is -4.23. The van der Waals surface area contributed by atoms with Gasteiger partial charge in [0.1, 0.15) is 10.6 Å². The van der Waals surface area contributed by atoms with Crippen molar-refractivity contribution < 1.29 is 22.3 Å². The van der Waals surface area contributed by atoms with E-state index in [1.165, 1.54) is 42.5 Å². The van der Waals surface area contributed by atoms with E-state index in [-0.39, 0.29) is 22.2 Å². The van der Waals surface area contributed by atoms with Gasteiger partial charge >= 0.3 is 10.1 Å². The van der Waals surface area contributed by atoms with E-state index in [1.54, 1.807) is 4.90 Å². The Bertz CT molecular complexity index is 905. The second-order valence-electron chi connectivity index (χ2n) is 5.29. The Labute approximate surface area is 151 Å². The van der Waals surface area contributed by atoms with Crippen LogP contribution in [0, 0.1) is 10.1 Å². The summed E-state index contributed by atoms with van der Waals surface area (Å²) in [5, 5.41) is 10.8. The van der Waals surface area contributed by atoms with Crippen LogP contribution >= 0.6 is 0 Å². The van der Waals surface area contributed by atoms with Gasteiger partial charge in [-0.2, -0.15) is 8.42 Å². The molecule has 138 valence electrons. The van der Waals surface area contributed by atoms with Crippen molar-refractivity contribution in [3.63, 3.8) is 0 Å². The smallest absolute Gasteiger partial charge is 0.339 e. The summed E-state index contributed by atoms with van der Waals surface area (Å²) < 4.78 is 29.5. The van der Waals surface area contributed by atoms with E-state index >= 15 is 0 Å². The standard InChI is InChI=1S/C17H18N2O6S/c1-3-18(4-2)17(20)13-8-10-15(11-9-13)25-26(23,24)16-7-5-6-14(12-16)19(21)22/h5-12H,3-4H2,1-2H3. The van der Waals surface area contributed by atoms with Crippen LogP contribution in [0.3, 0.4) is 0 Å². The van der Waals surface area contributed by atoms with Crippen LogP contribution in [0.2, 0.25) is 0 Å². The Hall–Kier alpha value is -2.94. The molecule has 0 aromatic heterocycles. The Morgan fingerprint density at radius 2 is 1.73 bits per heavy atom. The molecule has 0 spiro atoms. The molecule has 0 bridgehead atoms. The van der Waals surface area contributed by atoms with Gasteiger partial charge in [-0.05, 0) is 44.2 Å². The van der Waals surface area contributed by atoms with Gasteiger partial charge in [0.15, 0.2) is 0 Å². The number of benzene rings is 2. The normalized spacial score (nSPS) is 11.0. The Kier molecular flexibility index (Phi) is 5.93. The number of rotatable bonds is 7. The molecule has 0 heterocycles. The molecule has 0 atom stereocenters. The molecule has 2 rings (SSSR count). The van der Waals surface area contributed by atoms with Gasteiger partial charge in [-0.25, -0.2) is 0 Å². The lowest BCUT2D eigenvalue weighted by Crippen LogP contribution is -2.30. The number of carbonyl (C=O) groups excluding carboxylic acids is 1. The van der Waals surface area contributed by atoms with Crippen molar-refractivity contribution in [2.24, 2.45) is 0 Å². The zero-order chi connectivity index (χ0) is 19.3. The molecule has 9 heteroatoms. The molecule has 0 saturated heterocycles. The summed E-state index contributed by atoms with van der Waals surface area (Å²) in [6.45, 7) is 4.86. The minimum atomic E-state index is -4.23. The molecule has 8 nitrogen and oxygen atoms in total. The van der Waals surface area contributed by atoms with Gasteiger partial charge in [0.2, 0.25) is 0 Å². The maximum absolute atomic E-state index is 12.3. The molecule has 0 aliphatic heterocycles. The lowest BCUT2D eigenvalue weighted by molar-refractivity contribution is -0.385. The molecule has 0 fully saturated rings. The molecule has 0 saturated carbocycles. The number of nitrogens with zero attached hydrogens (tertiary/aromatic N) is 2. The molecule has 0 radical (unpaired) electrons. The maximum atomic E-state index is 12.3. The molecule has 0 N–H and O–H groups in total. The van der Waals surface area contributed by atoms with Gasteiger partial charge in [-0.3, -0.25) is 14.9 Å². The fourth-order valence-electron chi connectivity index (χ4n) is 2.27. The highest BCUT2D eigenvalue weighted by atomic mass is 32.2. The third-order valence-electron chi connectivity index (χ3n) is 3.67. The van der Waals surface area contributed by atoms with Gasteiger partial charge in [0, 0.05) is 30.8 Å². The topological polar surface area (TPSA) is 107 Å². The largest absolute Gasteiger partial charge is 0.379 e. The lowest BCUT2D eigenvalue weighted by Gasteiger charge is -2.18. The molecule has 0 aliphatic carbocycles. The van der Waals surface area contributed by atoms with Crippen LogP contribution in [0.1, 0.15) is 24.2 Å². The van der Waals surface area contributed by atoms with Crippen LogP contribution in [0.25, 0.3) is 0 Å². The molecule has 26 heavy (non-hydrogen) atoms. The molecule has 1 amide bonds. The highest BCUT2D eigenvalue weighted by Gasteiger charge is 2.20. The average molecular weight is 378 g/mol. The Morgan fingerprint density at radius 3 is 2.27 bits per heavy atom. The van der Waals surface area contributed by atoms with E-state index in [9.17, 15) is 23.3 Å². The molecular formula is C17H18N2O6S. The number of carbonyl (C=O) groups is 1. The van der Waals surface area contributed by atoms with Crippen molar-refractivity contribution in [1.29, 1.82) is 0 Å². The van der Waals surface area contributed by atoms with E-state index in [0.29, 0.717) is 18.7 Å². The van der Waals surface area contributed by atoms with Gasteiger partial charge in [-0.1, -0.05) is 6.07 Å². The monoisotopic (exact) mass is 378 g/mol. The predicted molar refractivity (Wildman–Crippen MR) is 94.6 cm³/mol. The number of amides is 1. The van der Waals surface area contributed by atoms with Crippen molar-refractivity contribution in [3.8, 4) is 5.75 Å². The van der Waals surface area contributed by atoms with Crippen molar-refractivity contribution in [3.05, 3.63) is 64.2 Å². The van der Waals surface area contributed by atoms with Crippen LogP contribution < -0.4 is 4.18 Å². The fourth-order valence-corrected chi connectivity index (χ4v) is 3.24. The van der Waals surface area contributed by atoms with Crippen molar-refractivity contribution in [1.82, 2.24) is 4.90 Å². The first-order chi connectivity index (χ1) is 12.3. The van der Waals surface area contributed by atoms with Crippen LogP contribution in [0.4, 0.5) is 5.69 Å². The zero-order valence-electron chi connectivity index (χ0n) is 14.3. The first kappa shape index (κ1) is 19.4. The van der Waals surface area contributed by atoms with Crippen molar-refractivity contribution in [2.75, 3.05) is 13.1 Å². The van der Waals surface area contributed by atoms with Crippen LogP contribution in [0.15, 0.2) is 53.4 Å². The second kappa shape index (κ2) is 7.96. The summed E-state index contributed by atoms with van der Waals surface area (Å²) in [6, 6.07) is 10.3. The fraction of sp³-hybridized carbons (Fsp3) is 0.235. The van der Waals surface area contributed by atoms with Crippen molar-refractivity contribution in [2.45, 2.75) is 18.7 Å². The molecule has 2 aromatic rings. The van der Waals surface area contributed by atoms with E-state index in [0.717, 1.165) is 6.07 Å². The number of hydrogen-bond acceptors (Lipinski definition) is 6. The summed E-state index contributed by atoms with van der Waals surface area (Å²) >= 11 is 0. The quantitative estimate of drug-likeness (QED) is 0.416. The summed E-state index contributed by atoms with van der Waals surface area (Å²) in [4.78, 5) is 23.6. The summed E-state index contributed by atoms with van der Waals surface area (Å²) in [6.07, 6.45) is 0. The Morgan fingerprint density at radius 1 is 1.12 bits per heavy atom. The Balaban J connectivity index is 2.21. The minimum absolute atomic E-state index is 0.00704. The zero-order valence-corrected chi connectivity index (χ0v) is 15.1. The SMILES string of the molecule is CCN(CC)C(=O)c1ccc(OS(=O)(=O)c2cccc([N+](=O)[O-])c2)cc1. The highest BCUT2D eigenvalue weighted by molar-refractivity contribution is 7.87. The van der Waals surface area contributed by atoms with E-state index in [4.69, 9.17) is 4.18 Å². The van der Waals surface area contributed by atoms with Crippen LogP contribution in [-0.4, -0.2) is 37.2 Å². The number of nitro groups is 1. The first-order valence-electron chi connectivity index (χ1n) is 7.86. The third kappa shape index (κ3) is 4.37. The summed E-state index contributed by atoms with van der Waals surface area (Å²) in [5.41, 5.74) is 0.0589. The minimum Gasteiger partial charge on any atom is -0.379 e. The van der Waals surface area contributed by atoms with Gasteiger partial charge < -0.3 is 9.08 Å². The number of hydrogen-bond donors (Lipinski definition) is 0. The molecule has 2 aromatic carbocycles. The van der Waals surface area contributed by atoms with Crippen LogP contribution in [-0.2, 0) is 10.1 Å². The predicted octanol–water partition coefficient (Wildman–Crippen LogP) is 2.84. The second-order valence-corrected chi connectivity index (χ2v) is 6.84. The van der Waals surface area contributed by atoms with Gasteiger partial charge in [0.05, 0.1) is 4.92 Å². The first-order valence-corrected chi connectivity index (χ1v) is 9.27.